The molecule has 1 spiro atoms. The Morgan fingerprint density at radius 3 is 2.52 bits per heavy atom. The van der Waals surface area contributed by atoms with Crippen LogP contribution < -0.4 is 21.7 Å². The number of nitrogens with one attached hydrogen (secondary N) is 3. The average Bonchev–Trinajstić information content (AvgIpc) is 3.38. The largest absolute Gasteiger partial charge is 0.420 e. The van der Waals surface area contributed by atoms with Crippen molar-refractivity contribution in [3.8, 4) is 0 Å². The highest BCUT2D eigenvalue weighted by atomic mass is 16.4. The van der Waals surface area contributed by atoms with Crippen LogP contribution in [0.3, 0.4) is 0 Å². The third kappa shape index (κ3) is 3.23. The van der Waals surface area contributed by atoms with E-state index in [1.165, 1.54) is 15.7 Å². The Morgan fingerprint density at radius 1 is 1.00 bits per heavy atom. The van der Waals surface area contributed by atoms with E-state index in [9.17, 15) is 19.2 Å². The van der Waals surface area contributed by atoms with Crippen molar-refractivity contribution < 1.29 is 18.8 Å². The molecular weight excluding hydrogens is 424 g/mol. The summed E-state index contributed by atoms with van der Waals surface area (Å²) in [4.78, 5) is 49.1. The van der Waals surface area contributed by atoms with Crippen molar-refractivity contribution in [3.63, 3.8) is 0 Å². The van der Waals surface area contributed by atoms with Crippen molar-refractivity contribution >= 4 is 34.6 Å². The molecule has 3 N–H and O–H groups in total. The molecule has 2 aliphatic carbocycles. The van der Waals surface area contributed by atoms with Crippen molar-refractivity contribution in [1.29, 1.82) is 0 Å². The standard InChI is InChI=1S/C24H22N4O5/c29-20(12-28-18-8-13-3-1-2-4-14(13)9-19(18)33-23(28)32)25-17-6-5-15-10-24(11-16(15)7-17)21(30)26-22(31)27-24/h5-9H,1-4,10-12H2,(H,25,29)(H2,26,27,30,31). The summed E-state index contributed by atoms with van der Waals surface area (Å²) in [7, 11) is 0. The summed E-state index contributed by atoms with van der Waals surface area (Å²) >= 11 is 0. The summed E-state index contributed by atoms with van der Waals surface area (Å²) in [5, 5.41) is 7.86. The third-order valence-electron chi connectivity index (χ3n) is 6.92. The molecule has 1 atom stereocenters. The van der Waals surface area contributed by atoms with Crippen LogP contribution in [-0.2, 0) is 41.8 Å². The zero-order valence-electron chi connectivity index (χ0n) is 17.8. The van der Waals surface area contributed by atoms with Crippen molar-refractivity contribution in [2.24, 2.45) is 0 Å². The Kier molecular flexibility index (Phi) is 4.23. The first kappa shape index (κ1) is 19.8. The van der Waals surface area contributed by atoms with Gasteiger partial charge in [-0.2, -0.15) is 0 Å². The topological polar surface area (TPSA) is 122 Å². The van der Waals surface area contributed by atoms with Gasteiger partial charge in [0.1, 0.15) is 12.1 Å². The number of carbonyl (C=O) groups excluding carboxylic acids is 3. The van der Waals surface area contributed by atoms with Crippen LogP contribution in [0.25, 0.3) is 11.1 Å². The minimum absolute atomic E-state index is 0.163. The predicted molar refractivity (Wildman–Crippen MR) is 119 cm³/mol. The molecule has 3 aromatic rings. The average molecular weight is 446 g/mol. The number of benzene rings is 2. The summed E-state index contributed by atoms with van der Waals surface area (Å²) in [5.41, 5.74) is 5.02. The van der Waals surface area contributed by atoms with E-state index in [0.717, 1.165) is 36.8 Å². The number of amides is 4. The van der Waals surface area contributed by atoms with Crippen molar-refractivity contribution in [2.75, 3.05) is 5.32 Å². The molecule has 1 unspecified atom stereocenters. The number of aryl methyl sites for hydroxylation is 2. The van der Waals surface area contributed by atoms with E-state index in [1.54, 1.807) is 6.07 Å². The summed E-state index contributed by atoms with van der Waals surface area (Å²) in [5.74, 6) is -1.24. The predicted octanol–water partition coefficient (Wildman–Crippen LogP) is 1.79. The number of fused-ring (bicyclic) bond motifs is 3. The number of urea groups is 1. The van der Waals surface area contributed by atoms with E-state index >= 15 is 0 Å². The van der Waals surface area contributed by atoms with Gasteiger partial charge in [-0.05, 0) is 72.2 Å². The van der Waals surface area contributed by atoms with Gasteiger partial charge in [0.15, 0.2) is 5.58 Å². The highest BCUT2D eigenvalue weighted by molar-refractivity contribution is 6.08. The zero-order valence-corrected chi connectivity index (χ0v) is 17.8. The van der Waals surface area contributed by atoms with Crippen molar-refractivity contribution in [1.82, 2.24) is 15.2 Å². The normalized spacial score (nSPS) is 21.1. The summed E-state index contributed by atoms with van der Waals surface area (Å²) in [6, 6.07) is 8.83. The van der Waals surface area contributed by atoms with Crippen LogP contribution >= 0.6 is 0 Å². The lowest BCUT2D eigenvalue weighted by Gasteiger charge is -2.18. The quantitative estimate of drug-likeness (QED) is 0.530. The molecule has 0 radical (unpaired) electrons. The zero-order chi connectivity index (χ0) is 22.7. The second-order valence-corrected chi connectivity index (χ2v) is 9.13. The lowest BCUT2D eigenvalue weighted by Crippen LogP contribution is -2.47. The maximum absolute atomic E-state index is 12.8. The molecular formula is C24H22N4O5. The van der Waals surface area contributed by atoms with Gasteiger partial charge in [0.2, 0.25) is 5.91 Å². The molecule has 6 rings (SSSR count). The molecule has 0 bridgehead atoms. The number of nitrogens with zero attached hydrogens (tertiary/aromatic N) is 1. The first-order valence-corrected chi connectivity index (χ1v) is 11.1. The summed E-state index contributed by atoms with van der Waals surface area (Å²) in [6.45, 7) is -0.163. The van der Waals surface area contributed by atoms with Crippen LogP contribution in [0.2, 0.25) is 0 Å². The highest BCUT2D eigenvalue weighted by Crippen LogP contribution is 2.34. The SMILES string of the molecule is O=C(Cn1c(=O)oc2cc3c(cc21)CCCC3)Nc1ccc2c(c1)CC1(C2)NC(=O)NC1=O. The Bertz CT molecular complexity index is 1420. The van der Waals surface area contributed by atoms with Gasteiger partial charge in [-0.15, -0.1) is 0 Å². The molecule has 1 aromatic heterocycles. The van der Waals surface area contributed by atoms with Crippen LogP contribution in [-0.4, -0.2) is 28.0 Å². The van der Waals surface area contributed by atoms with E-state index in [-0.39, 0.29) is 18.4 Å². The van der Waals surface area contributed by atoms with Gasteiger partial charge in [0.05, 0.1) is 5.52 Å². The van der Waals surface area contributed by atoms with E-state index in [4.69, 9.17) is 4.42 Å². The van der Waals surface area contributed by atoms with Crippen molar-refractivity contribution in [3.05, 3.63) is 63.1 Å². The molecule has 9 nitrogen and oxygen atoms in total. The van der Waals surface area contributed by atoms with Gasteiger partial charge < -0.3 is 15.1 Å². The van der Waals surface area contributed by atoms with Gasteiger partial charge >= 0.3 is 11.8 Å². The number of carbonyl (C=O) groups is 3. The van der Waals surface area contributed by atoms with E-state index in [1.807, 2.05) is 24.3 Å². The fraction of sp³-hybridized carbons (Fsp3) is 0.333. The molecule has 1 aliphatic heterocycles. The van der Waals surface area contributed by atoms with Gasteiger partial charge in [-0.25, -0.2) is 9.59 Å². The van der Waals surface area contributed by atoms with Gasteiger partial charge in [0.25, 0.3) is 5.91 Å². The van der Waals surface area contributed by atoms with Gasteiger partial charge in [0, 0.05) is 18.5 Å². The third-order valence-corrected chi connectivity index (χ3v) is 6.92. The summed E-state index contributed by atoms with van der Waals surface area (Å²) in [6.07, 6.45) is 4.96. The highest BCUT2D eigenvalue weighted by Gasteiger charge is 2.49. The van der Waals surface area contributed by atoms with Gasteiger partial charge in [-0.3, -0.25) is 19.5 Å². The molecule has 1 saturated heterocycles. The number of rotatable bonds is 3. The second-order valence-electron chi connectivity index (χ2n) is 9.13. The van der Waals surface area contributed by atoms with E-state index in [2.05, 4.69) is 16.0 Å². The molecule has 33 heavy (non-hydrogen) atoms. The van der Waals surface area contributed by atoms with Crippen LogP contribution in [0, 0.1) is 0 Å². The number of hydrogen-bond acceptors (Lipinski definition) is 5. The van der Waals surface area contributed by atoms with Crippen molar-refractivity contribution in [2.45, 2.75) is 50.6 Å². The molecule has 4 amide bonds. The molecule has 1 fully saturated rings. The first-order chi connectivity index (χ1) is 15.9. The van der Waals surface area contributed by atoms with Crippen LogP contribution in [0.5, 0.6) is 0 Å². The first-order valence-electron chi connectivity index (χ1n) is 11.1. The maximum Gasteiger partial charge on any atom is 0.420 e. The van der Waals surface area contributed by atoms with E-state index < -0.39 is 17.3 Å². The summed E-state index contributed by atoms with van der Waals surface area (Å²) < 4.78 is 6.77. The lowest BCUT2D eigenvalue weighted by atomic mass is 9.91. The Hall–Kier alpha value is -3.88. The minimum atomic E-state index is -0.954. The molecule has 0 saturated carbocycles. The number of hydrogen-bond donors (Lipinski definition) is 3. The maximum atomic E-state index is 12.8. The van der Waals surface area contributed by atoms with Gasteiger partial charge in [-0.1, -0.05) is 6.07 Å². The number of oxazole rings is 1. The smallest absolute Gasteiger partial charge is 0.408 e. The number of imide groups is 1. The van der Waals surface area contributed by atoms with E-state index in [0.29, 0.717) is 29.6 Å². The number of aromatic nitrogens is 1. The molecule has 2 aromatic carbocycles. The Morgan fingerprint density at radius 2 is 1.76 bits per heavy atom. The molecule has 9 heteroatoms. The molecule has 3 aliphatic rings. The number of anilines is 1. The second kappa shape index (κ2) is 7.06. The van der Waals surface area contributed by atoms with Crippen LogP contribution in [0.1, 0.15) is 35.1 Å². The minimum Gasteiger partial charge on any atom is -0.408 e. The van der Waals surface area contributed by atoms with Crippen LogP contribution in [0.15, 0.2) is 39.5 Å². The fourth-order valence-corrected chi connectivity index (χ4v) is 5.31. The fourth-order valence-electron chi connectivity index (χ4n) is 5.31. The van der Waals surface area contributed by atoms with Crippen LogP contribution in [0.4, 0.5) is 10.5 Å². The monoisotopic (exact) mass is 446 g/mol. The molecule has 2 heterocycles. The molecule has 168 valence electrons. The Labute approximate surface area is 188 Å². The lowest BCUT2D eigenvalue weighted by molar-refractivity contribution is -0.123. The Balaban J connectivity index is 1.22.